The standard InChI is InChI=1S/C16H22N2O.ClH/c19-16(15-7-3-4-10-17-15)18-11-13-9-8-12-5-1-2-6-14(12)13;/h1-2,5-6,13,15,17H,3-4,7-11H2,(H,18,19);1H. The van der Waals surface area contributed by atoms with E-state index in [0.717, 1.165) is 38.8 Å². The first-order valence-corrected chi connectivity index (χ1v) is 7.43. The molecule has 0 radical (unpaired) electrons. The topological polar surface area (TPSA) is 41.1 Å². The highest BCUT2D eigenvalue weighted by molar-refractivity contribution is 5.85. The maximum atomic E-state index is 12.1. The summed E-state index contributed by atoms with van der Waals surface area (Å²) >= 11 is 0. The lowest BCUT2D eigenvalue weighted by molar-refractivity contribution is -0.123. The number of halogens is 1. The Morgan fingerprint density at radius 1 is 1.25 bits per heavy atom. The van der Waals surface area contributed by atoms with E-state index in [2.05, 4.69) is 34.9 Å². The van der Waals surface area contributed by atoms with Crippen LogP contribution in [0.5, 0.6) is 0 Å². The summed E-state index contributed by atoms with van der Waals surface area (Å²) in [4.78, 5) is 12.1. The van der Waals surface area contributed by atoms with E-state index in [4.69, 9.17) is 0 Å². The zero-order chi connectivity index (χ0) is 13.1. The molecule has 0 saturated carbocycles. The van der Waals surface area contributed by atoms with E-state index in [9.17, 15) is 4.79 Å². The fraction of sp³-hybridized carbons (Fsp3) is 0.562. The molecule has 1 heterocycles. The second-order valence-electron chi connectivity index (χ2n) is 5.68. The Bertz CT molecular complexity index is 458. The van der Waals surface area contributed by atoms with Crippen molar-refractivity contribution in [1.29, 1.82) is 0 Å². The molecule has 2 unspecified atom stereocenters. The Kier molecular flexibility index (Phi) is 5.44. The van der Waals surface area contributed by atoms with Crippen molar-refractivity contribution in [1.82, 2.24) is 10.6 Å². The third-order valence-electron chi connectivity index (χ3n) is 4.41. The molecule has 1 saturated heterocycles. The van der Waals surface area contributed by atoms with Gasteiger partial charge >= 0.3 is 0 Å². The van der Waals surface area contributed by atoms with Crippen molar-refractivity contribution in [3.8, 4) is 0 Å². The minimum atomic E-state index is 0. The van der Waals surface area contributed by atoms with Gasteiger partial charge in [0, 0.05) is 12.5 Å². The van der Waals surface area contributed by atoms with Crippen LogP contribution in [0, 0.1) is 0 Å². The lowest BCUT2D eigenvalue weighted by Crippen LogP contribution is -2.47. The molecule has 2 aliphatic rings. The van der Waals surface area contributed by atoms with E-state index < -0.39 is 0 Å². The monoisotopic (exact) mass is 294 g/mol. The van der Waals surface area contributed by atoms with Crippen LogP contribution in [0.25, 0.3) is 0 Å². The van der Waals surface area contributed by atoms with E-state index >= 15 is 0 Å². The Morgan fingerprint density at radius 2 is 2.10 bits per heavy atom. The van der Waals surface area contributed by atoms with Crippen molar-refractivity contribution < 1.29 is 4.79 Å². The first kappa shape index (κ1) is 15.3. The number of aryl methyl sites for hydroxylation is 1. The second-order valence-corrected chi connectivity index (χ2v) is 5.68. The van der Waals surface area contributed by atoms with Crippen LogP contribution in [0.3, 0.4) is 0 Å². The van der Waals surface area contributed by atoms with Crippen LogP contribution >= 0.6 is 12.4 Å². The molecule has 1 aromatic rings. The third kappa shape index (κ3) is 3.33. The SMILES string of the molecule is Cl.O=C(NCC1CCc2ccccc21)C1CCCCN1. The van der Waals surface area contributed by atoms with Gasteiger partial charge in [0.1, 0.15) is 0 Å². The molecular weight excluding hydrogens is 272 g/mol. The summed E-state index contributed by atoms with van der Waals surface area (Å²) in [6, 6.07) is 8.65. The maximum Gasteiger partial charge on any atom is 0.237 e. The van der Waals surface area contributed by atoms with Crippen LogP contribution < -0.4 is 10.6 Å². The highest BCUT2D eigenvalue weighted by Gasteiger charge is 2.24. The highest BCUT2D eigenvalue weighted by Crippen LogP contribution is 2.32. The van der Waals surface area contributed by atoms with Gasteiger partial charge in [-0.2, -0.15) is 0 Å². The van der Waals surface area contributed by atoms with Gasteiger partial charge in [-0.3, -0.25) is 4.79 Å². The number of benzene rings is 1. The Hall–Kier alpha value is -1.06. The normalized spacial score (nSPS) is 24.6. The van der Waals surface area contributed by atoms with Gasteiger partial charge in [-0.25, -0.2) is 0 Å². The summed E-state index contributed by atoms with van der Waals surface area (Å²) in [5.41, 5.74) is 2.89. The molecule has 1 aliphatic carbocycles. The van der Waals surface area contributed by atoms with Gasteiger partial charge in [0.15, 0.2) is 0 Å². The summed E-state index contributed by atoms with van der Waals surface area (Å²) in [5, 5.41) is 6.44. The van der Waals surface area contributed by atoms with Crippen molar-refractivity contribution in [3.05, 3.63) is 35.4 Å². The first-order valence-electron chi connectivity index (χ1n) is 7.43. The zero-order valence-corrected chi connectivity index (χ0v) is 12.5. The lowest BCUT2D eigenvalue weighted by atomic mass is 10.0. The summed E-state index contributed by atoms with van der Waals surface area (Å²) in [7, 11) is 0. The van der Waals surface area contributed by atoms with E-state index in [1.54, 1.807) is 0 Å². The quantitative estimate of drug-likeness (QED) is 0.899. The molecule has 20 heavy (non-hydrogen) atoms. The molecule has 4 heteroatoms. The summed E-state index contributed by atoms with van der Waals surface area (Å²) in [6.45, 7) is 1.76. The summed E-state index contributed by atoms with van der Waals surface area (Å²) < 4.78 is 0. The van der Waals surface area contributed by atoms with Gasteiger partial charge in [-0.1, -0.05) is 30.7 Å². The van der Waals surface area contributed by atoms with Gasteiger partial charge in [0.05, 0.1) is 6.04 Å². The largest absolute Gasteiger partial charge is 0.354 e. The fourth-order valence-corrected chi connectivity index (χ4v) is 3.28. The molecule has 2 atom stereocenters. The van der Waals surface area contributed by atoms with E-state index in [1.165, 1.54) is 17.5 Å². The van der Waals surface area contributed by atoms with Crippen molar-refractivity contribution in [2.24, 2.45) is 0 Å². The molecule has 1 aliphatic heterocycles. The fourth-order valence-electron chi connectivity index (χ4n) is 3.28. The van der Waals surface area contributed by atoms with E-state index in [0.29, 0.717) is 5.92 Å². The van der Waals surface area contributed by atoms with Crippen LogP contribution in [0.15, 0.2) is 24.3 Å². The Balaban J connectivity index is 0.00000147. The van der Waals surface area contributed by atoms with Crippen LogP contribution in [0.2, 0.25) is 0 Å². The van der Waals surface area contributed by atoms with E-state index in [-0.39, 0.29) is 24.4 Å². The van der Waals surface area contributed by atoms with E-state index in [1.807, 2.05) is 0 Å². The molecule has 1 amide bonds. The van der Waals surface area contributed by atoms with Crippen molar-refractivity contribution in [2.45, 2.75) is 44.1 Å². The number of carbonyl (C=O) groups excluding carboxylic acids is 1. The first-order chi connectivity index (χ1) is 9.34. The smallest absolute Gasteiger partial charge is 0.237 e. The summed E-state index contributed by atoms with van der Waals surface area (Å²) in [5.74, 6) is 0.688. The number of rotatable bonds is 3. The van der Waals surface area contributed by atoms with Gasteiger partial charge < -0.3 is 10.6 Å². The minimum Gasteiger partial charge on any atom is -0.354 e. The molecule has 2 N–H and O–H groups in total. The van der Waals surface area contributed by atoms with Gasteiger partial charge in [-0.05, 0) is 43.4 Å². The lowest BCUT2D eigenvalue weighted by Gasteiger charge is -2.23. The molecule has 3 rings (SSSR count). The third-order valence-corrected chi connectivity index (χ3v) is 4.41. The van der Waals surface area contributed by atoms with Crippen molar-refractivity contribution in [2.75, 3.05) is 13.1 Å². The number of fused-ring (bicyclic) bond motifs is 1. The second kappa shape index (κ2) is 7.09. The summed E-state index contributed by atoms with van der Waals surface area (Å²) in [6.07, 6.45) is 5.65. The van der Waals surface area contributed by atoms with Gasteiger partial charge in [0.2, 0.25) is 5.91 Å². The number of piperidine rings is 1. The van der Waals surface area contributed by atoms with Crippen LogP contribution in [0.1, 0.15) is 42.7 Å². The predicted octanol–water partition coefficient (Wildman–Crippen LogP) is 2.40. The zero-order valence-electron chi connectivity index (χ0n) is 11.7. The van der Waals surface area contributed by atoms with Crippen LogP contribution in [0.4, 0.5) is 0 Å². The minimum absolute atomic E-state index is 0. The number of amides is 1. The number of hydrogen-bond donors (Lipinski definition) is 2. The molecule has 3 nitrogen and oxygen atoms in total. The molecular formula is C16H23ClN2O. The molecule has 1 fully saturated rings. The molecule has 1 aromatic carbocycles. The molecule has 0 spiro atoms. The van der Waals surface area contributed by atoms with Crippen LogP contribution in [-0.4, -0.2) is 25.0 Å². The number of nitrogens with one attached hydrogen (secondary N) is 2. The van der Waals surface area contributed by atoms with Gasteiger partial charge in [-0.15, -0.1) is 12.4 Å². The van der Waals surface area contributed by atoms with Crippen molar-refractivity contribution in [3.63, 3.8) is 0 Å². The molecule has 0 bridgehead atoms. The van der Waals surface area contributed by atoms with Crippen LogP contribution in [-0.2, 0) is 11.2 Å². The Morgan fingerprint density at radius 3 is 2.90 bits per heavy atom. The van der Waals surface area contributed by atoms with Gasteiger partial charge in [0.25, 0.3) is 0 Å². The molecule has 0 aromatic heterocycles. The predicted molar refractivity (Wildman–Crippen MR) is 83.4 cm³/mol. The average molecular weight is 295 g/mol. The highest BCUT2D eigenvalue weighted by atomic mass is 35.5. The maximum absolute atomic E-state index is 12.1. The Labute approximate surface area is 126 Å². The molecule has 110 valence electrons. The average Bonchev–Trinajstić information content (AvgIpc) is 2.89. The van der Waals surface area contributed by atoms with Crippen molar-refractivity contribution >= 4 is 18.3 Å². The number of carbonyl (C=O) groups is 1. The number of hydrogen-bond acceptors (Lipinski definition) is 2.